The van der Waals surface area contributed by atoms with Gasteiger partial charge in [0.2, 0.25) is 0 Å². The fourth-order valence-corrected chi connectivity index (χ4v) is 9.11. The van der Waals surface area contributed by atoms with E-state index in [0.717, 1.165) is 45.2 Å². The van der Waals surface area contributed by atoms with Crippen LogP contribution in [0.1, 0.15) is 55.5 Å². The van der Waals surface area contributed by atoms with E-state index in [1.165, 1.54) is 49.7 Å². The van der Waals surface area contributed by atoms with Crippen molar-refractivity contribution in [3.63, 3.8) is 0 Å². The summed E-state index contributed by atoms with van der Waals surface area (Å²) in [6, 6.07) is 42.0. The second-order valence-electron chi connectivity index (χ2n) is 14.9. The quantitative estimate of drug-likeness (QED) is 0.172. The summed E-state index contributed by atoms with van der Waals surface area (Å²) < 4.78 is 4.65. The molecule has 0 saturated heterocycles. The summed E-state index contributed by atoms with van der Waals surface area (Å²) in [5.74, 6) is 0.829. The molecule has 0 bridgehead atoms. The minimum Gasteiger partial charge on any atom is -0.310 e. The number of pyridine rings is 1. The smallest absolute Gasteiger partial charge is 0.145 e. The van der Waals surface area contributed by atoms with Crippen molar-refractivity contribution in [2.75, 3.05) is 4.90 Å². The lowest BCUT2D eigenvalue weighted by Gasteiger charge is -2.37. The van der Waals surface area contributed by atoms with E-state index in [-0.39, 0.29) is 10.8 Å². The molecule has 2 aliphatic rings. The zero-order chi connectivity index (χ0) is 34.8. The van der Waals surface area contributed by atoms with Gasteiger partial charge in [0, 0.05) is 55.8 Å². The zero-order valence-electron chi connectivity index (χ0n) is 29.3. The summed E-state index contributed by atoms with van der Waals surface area (Å²) in [6.07, 6.45) is 3.81. The first-order valence-electron chi connectivity index (χ1n) is 17.6. The van der Waals surface area contributed by atoms with Crippen molar-refractivity contribution >= 4 is 68.5 Å². The molecule has 5 aromatic carbocycles. The third-order valence-corrected chi connectivity index (χ3v) is 11.6. The van der Waals surface area contributed by atoms with Crippen molar-refractivity contribution in [2.24, 2.45) is 4.99 Å². The Hall–Kier alpha value is -6.20. The number of aliphatic imine (C=N–C) groups is 1. The molecule has 8 aromatic rings. The Labute approximate surface area is 297 Å². The van der Waals surface area contributed by atoms with Gasteiger partial charge < -0.3 is 4.90 Å². The SMILES string of the molecule is C=Cc1c(N=C)n2c3c(cccc13)C(C)(C)c1cc(N(c3ccccc3)c3ccc4c(c3)C(C)(C)c3cccc5c6cccnc6n-4c35)ccc1-2. The summed E-state index contributed by atoms with van der Waals surface area (Å²) in [5.41, 5.74) is 14.6. The van der Waals surface area contributed by atoms with Crippen molar-refractivity contribution in [2.45, 2.75) is 38.5 Å². The van der Waals surface area contributed by atoms with Gasteiger partial charge in [0.1, 0.15) is 11.5 Å². The maximum Gasteiger partial charge on any atom is 0.145 e. The van der Waals surface area contributed by atoms with Gasteiger partial charge in [-0.25, -0.2) is 9.98 Å². The topological polar surface area (TPSA) is 38.4 Å². The summed E-state index contributed by atoms with van der Waals surface area (Å²) in [6.45, 7) is 17.5. The summed E-state index contributed by atoms with van der Waals surface area (Å²) in [7, 11) is 0. The van der Waals surface area contributed by atoms with Crippen LogP contribution in [0.5, 0.6) is 0 Å². The minimum absolute atomic E-state index is 0.240. The van der Waals surface area contributed by atoms with Crippen molar-refractivity contribution in [3.05, 3.63) is 156 Å². The molecule has 0 aliphatic carbocycles. The number of hydrogen-bond donors (Lipinski definition) is 0. The molecule has 0 atom stereocenters. The van der Waals surface area contributed by atoms with Gasteiger partial charge in [0.15, 0.2) is 0 Å². The predicted octanol–water partition coefficient (Wildman–Crippen LogP) is 11.8. The summed E-state index contributed by atoms with van der Waals surface area (Å²) in [5, 5.41) is 3.58. The first-order valence-corrected chi connectivity index (χ1v) is 17.6. The monoisotopic (exact) mass is 659 g/mol. The molecule has 5 heterocycles. The highest BCUT2D eigenvalue weighted by molar-refractivity contribution is 6.10. The standard InChI is InChI=1S/C46H37N5/c1-7-31-32-16-11-19-35-41(32)50(43(31)47-6)39-23-21-29(26-37(39)45(35,2)3)49(28-14-9-8-10-15-28)30-22-24-40-38(27-30)46(4,5)36-20-12-17-33-34-18-13-25-48-44(34)51(40)42(33)36/h7-27H,1,6H2,2-5H3. The molecule has 0 fully saturated rings. The molecule has 51 heavy (non-hydrogen) atoms. The van der Waals surface area contributed by atoms with E-state index in [9.17, 15) is 0 Å². The van der Waals surface area contributed by atoms with E-state index in [4.69, 9.17) is 4.98 Å². The molecule has 0 N–H and O–H groups in total. The van der Waals surface area contributed by atoms with E-state index in [1.807, 2.05) is 18.3 Å². The van der Waals surface area contributed by atoms with Crippen LogP contribution < -0.4 is 4.90 Å². The van der Waals surface area contributed by atoms with Gasteiger partial charge in [0.05, 0.1) is 22.4 Å². The lowest BCUT2D eigenvalue weighted by Crippen LogP contribution is -2.27. The minimum atomic E-state index is -0.270. The molecule has 5 heteroatoms. The molecule has 3 aromatic heterocycles. The van der Waals surface area contributed by atoms with Crippen LogP contribution in [0.2, 0.25) is 0 Å². The number of hydrogen-bond acceptors (Lipinski definition) is 3. The Bertz CT molecular complexity index is 2790. The van der Waals surface area contributed by atoms with Crippen LogP contribution in [0.3, 0.4) is 0 Å². The van der Waals surface area contributed by atoms with Crippen LogP contribution in [0.25, 0.3) is 50.3 Å². The van der Waals surface area contributed by atoms with E-state index < -0.39 is 0 Å². The van der Waals surface area contributed by atoms with Gasteiger partial charge in [-0.3, -0.25) is 9.13 Å². The van der Waals surface area contributed by atoms with Crippen LogP contribution in [-0.4, -0.2) is 20.8 Å². The lowest BCUT2D eigenvalue weighted by atomic mass is 9.74. The Kier molecular flexibility index (Phi) is 5.92. The van der Waals surface area contributed by atoms with Crippen molar-refractivity contribution < 1.29 is 0 Å². The number of aromatic nitrogens is 3. The Morgan fingerprint density at radius 1 is 0.608 bits per heavy atom. The normalized spacial score (nSPS) is 14.7. The number of fused-ring (bicyclic) bond motifs is 7. The predicted molar refractivity (Wildman–Crippen MR) is 214 cm³/mol. The molecule has 246 valence electrons. The van der Waals surface area contributed by atoms with Gasteiger partial charge >= 0.3 is 0 Å². The highest BCUT2D eigenvalue weighted by Gasteiger charge is 2.38. The van der Waals surface area contributed by atoms with E-state index in [0.29, 0.717) is 0 Å². The highest BCUT2D eigenvalue weighted by Crippen LogP contribution is 2.52. The first-order chi connectivity index (χ1) is 24.8. The molecule has 0 radical (unpaired) electrons. The highest BCUT2D eigenvalue weighted by atomic mass is 15.2. The average molecular weight is 660 g/mol. The molecule has 5 nitrogen and oxygen atoms in total. The fourth-order valence-electron chi connectivity index (χ4n) is 9.11. The van der Waals surface area contributed by atoms with E-state index >= 15 is 0 Å². The number of anilines is 3. The van der Waals surface area contributed by atoms with Crippen molar-refractivity contribution in [1.82, 2.24) is 14.1 Å². The van der Waals surface area contributed by atoms with Gasteiger partial charge in [0.25, 0.3) is 0 Å². The molecule has 10 rings (SSSR count). The second kappa shape index (κ2) is 10.2. The van der Waals surface area contributed by atoms with Crippen LogP contribution in [0.4, 0.5) is 22.9 Å². The van der Waals surface area contributed by atoms with Gasteiger partial charge in [-0.15, -0.1) is 0 Å². The molecule has 0 amide bonds. The summed E-state index contributed by atoms with van der Waals surface area (Å²) >= 11 is 0. The molecule has 2 aliphatic heterocycles. The van der Waals surface area contributed by atoms with E-state index in [2.05, 4.69) is 169 Å². The van der Waals surface area contributed by atoms with Crippen molar-refractivity contribution in [1.29, 1.82) is 0 Å². The number of rotatable bonds is 5. The maximum atomic E-state index is 4.90. The third-order valence-electron chi connectivity index (χ3n) is 11.6. The molecule has 0 spiro atoms. The molecular formula is C46H37N5. The first kappa shape index (κ1) is 29.7. The van der Waals surface area contributed by atoms with Crippen LogP contribution in [0.15, 0.2) is 133 Å². The Morgan fingerprint density at radius 2 is 1.20 bits per heavy atom. The zero-order valence-corrected chi connectivity index (χ0v) is 29.3. The molecule has 0 saturated carbocycles. The third kappa shape index (κ3) is 3.75. The number of benzene rings is 5. The molecule has 0 unspecified atom stereocenters. The van der Waals surface area contributed by atoms with Gasteiger partial charge in [-0.2, -0.15) is 0 Å². The Balaban J connectivity index is 1.21. The maximum absolute atomic E-state index is 4.90. The number of para-hydroxylation sites is 3. The lowest BCUT2D eigenvalue weighted by molar-refractivity contribution is 0.629. The van der Waals surface area contributed by atoms with Crippen LogP contribution in [0, 0.1) is 0 Å². The van der Waals surface area contributed by atoms with Gasteiger partial charge in [-0.05, 0) is 89.6 Å². The van der Waals surface area contributed by atoms with Crippen LogP contribution in [-0.2, 0) is 10.8 Å². The molecular weight excluding hydrogens is 623 g/mol. The van der Waals surface area contributed by atoms with Gasteiger partial charge in [-0.1, -0.05) is 94.9 Å². The Morgan fingerprint density at radius 3 is 1.82 bits per heavy atom. The average Bonchev–Trinajstić information content (AvgIpc) is 3.67. The second-order valence-corrected chi connectivity index (χ2v) is 14.9. The fraction of sp³-hybridized carbons (Fsp3) is 0.130. The summed E-state index contributed by atoms with van der Waals surface area (Å²) in [4.78, 5) is 11.8. The number of nitrogens with zero attached hydrogens (tertiary/aromatic N) is 5. The van der Waals surface area contributed by atoms with E-state index in [1.54, 1.807) is 0 Å². The van der Waals surface area contributed by atoms with Crippen molar-refractivity contribution in [3.8, 4) is 11.4 Å². The largest absolute Gasteiger partial charge is 0.310 e. The van der Waals surface area contributed by atoms with Crippen LogP contribution >= 0.6 is 0 Å².